The largest absolute Gasteiger partial charge is 0.482 e. The Labute approximate surface area is 146 Å². The molecule has 0 unspecified atom stereocenters. The lowest BCUT2D eigenvalue weighted by atomic mass is 10.2. The Bertz CT molecular complexity index is 822. The molecule has 0 fully saturated rings. The first-order valence-electron chi connectivity index (χ1n) is 7.41. The zero-order valence-electron chi connectivity index (χ0n) is 13.2. The molecule has 2 aromatic rings. The van der Waals surface area contributed by atoms with Gasteiger partial charge in [0.25, 0.3) is 5.91 Å². The number of amides is 2. The summed E-state index contributed by atoms with van der Waals surface area (Å²) in [4.78, 5) is 37.5. The molecule has 1 aromatic carbocycles. The molecule has 1 N–H and O–H groups in total. The Morgan fingerprint density at radius 1 is 1.40 bits per heavy atom. The van der Waals surface area contributed by atoms with Gasteiger partial charge in [0.2, 0.25) is 11.6 Å². The van der Waals surface area contributed by atoms with Gasteiger partial charge in [-0.05, 0) is 19.1 Å². The smallest absolute Gasteiger partial charge is 0.362 e. The number of fused-ring (bicyclic) bond motifs is 1. The van der Waals surface area contributed by atoms with E-state index in [0.717, 1.165) is 11.5 Å². The number of hydrogen-bond acceptors (Lipinski definition) is 8. The van der Waals surface area contributed by atoms with E-state index in [1.165, 1.54) is 4.90 Å². The van der Waals surface area contributed by atoms with Crippen LogP contribution in [0.15, 0.2) is 24.3 Å². The minimum atomic E-state index is -0.667. The number of para-hydroxylation sites is 2. The maximum absolute atomic E-state index is 12.3. The summed E-state index contributed by atoms with van der Waals surface area (Å²) in [6.45, 7) is 1.49. The second-order valence-electron chi connectivity index (χ2n) is 4.96. The average molecular weight is 362 g/mol. The van der Waals surface area contributed by atoms with E-state index in [-0.39, 0.29) is 36.4 Å². The number of aromatic nitrogens is 2. The predicted molar refractivity (Wildman–Crippen MR) is 88.8 cm³/mol. The minimum Gasteiger partial charge on any atom is -0.482 e. The summed E-state index contributed by atoms with van der Waals surface area (Å²) in [5.74, 6) is -0.954. The molecule has 10 heteroatoms. The molecule has 0 bridgehead atoms. The second kappa shape index (κ2) is 7.26. The van der Waals surface area contributed by atoms with Crippen LogP contribution in [0, 0.1) is 0 Å². The third-order valence-corrected chi connectivity index (χ3v) is 3.96. The molecule has 0 aliphatic carbocycles. The molecule has 0 atom stereocenters. The summed E-state index contributed by atoms with van der Waals surface area (Å²) in [5.41, 5.74) is 0.454. The Kier molecular flexibility index (Phi) is 4.89. The lowest BCUT2D eigenvalue weighted by Crippen LogP contribution is -2.43. The van der Waals surface area contributed by atoms with Crippen molar-refractivity contribution >= 4 is 40.0 Å². The number of esters is 1. The average Bonchev–Trinajstić information content (AvgIpc) is 3.06. The first-order valence-corrected chi connectivity index (χ1v) is 8.19. The molecule has 1 aromatic heterocycles. The topological polar surface area (TPSA) is 111 Å². The molecule has 0 saturated heterocycles. The summed E-state index contributed by atoms with van der Waals surface area (Å²) in [6, 6.07) is 6.94. The number of anilines is 2. The van der Waals surface area contributed by atoms with Gasteiger partial charge in [-0.25, -0.2) is 4.79 Å². The van der Waals surface area contributed by atoms with Crippen molar-refractivity contribution in [3.8, 4) is 5.75 Å². The molecule has 2 amide bonds. The van der Waals surface area contributed by atoms with Crippen LogP contribution in [-0.2, 0) is 14.3 Å². The van der Waals surface area contributed by atoms with Gasteiger partial charge in [-0.2, -0.15) is 0 Å². The highest BCUT2D eigenvalue weighted by atomic mass is 32.1. The van der Waals surface area contributed by atoms with Crippen LogP contribution in [-0.4, -0.2) is 47.1 Å². The van der Waals surface area contributed by atoms with E-state index >= 15 is 0 Å². The molecule has 1 aliphatic heterocycles. The number of benzene rings is 1. The van der Waals surface area contributed by atoms with Gasteiger partial charge >= 0.3 is 5.97 Å². The number of hydrogen-bond donors (Lipinski definition) is 1. The van der Waals surface area contributed by atoms with Crippen LogP contribution in [0.5, 0.6) is 5.75 Å². The first-order chi connectivity index (χ1) is 12.1. The molecule has 1 aliphatic rings. The third-order valence-electron chi connectivity index (χ3n) is 3.32. The number of rotatable bonds is 5. The van der Waals surface area contributed by atoms with E-state index < -0.39 is 11.9 Å². The summed E-state index contributed by atoms with van der Waals surface area (Å²) in [7, 11) is 0. The Balaban J connectivity index is 1.73. The van der Waals surface area contributed by atoms with E-state index in [1.807, 2.05) is 0 Å². The normalized spacial score (nSPS) is 13.0. The summed E-state index contributed by atoms with van der Waals surface area (Å²) in [6.07, 6.45) is 0. The minimum absolute atomic E-state index is 0.0612. The number of carbonyl (C=O) groups excluding carboxylic acids is 3. The van der Waals surface area contributed by atoms with Gasteiger partial charge in [0.15, 0.2) is 11.6 Å². The van der Waals surface area contributed by atoms with Crippen molar-refractivity contribution < 1.29 is 23.9 Å². The first kappa shape index (κ1) is 16.8. The third kappa shape index (κ3) is 3.58. The van der Waals surface area contributed by atoms with E-state index in [4.69, 9.17) is 9.47 Å². The van der Waals surface area contributed by atoms with E-state index in [0.29, 0.717) is 11.4 Å². The van der Waals surface area contributed by atoms with E-state index in [2.05, 4.69) is 14.9 Å². The molecular formula is C15H14N4O5S. The SMILES string of the molecule is CCOC(=O)c1nnsc1NC(=O)CN1C(=O)COc2ccccc21. The maximum Gasteiger partial charge on any atom is 0.362 e. The predicted octanol–water partition coefficient (Wildman–Crippen LogP) is 1.08. The fraction of sp³-hybridized carbons (Fsp3) is 0.267. The van der Waals surface area contributed by atoms with Crippen LogP contribution in [0.25, 0.3) is 0 Å². The van der Waals surface area contributed by atoms with Crippen molar-refractivity contribution in [2.75, 3.05) is 30.0 Å². The number of nitrogens with zero attached hydrogens (tertiary/aromatic N) is 3. The van der Waals surface area contributed by atoms with Crippen molar-refractivity contribution in [3.63, 3.8) is 0 Å². The zero-order chi connectivity index (χ0) is 17.8. The van der Waals surface area contributed by atoms with Gasteiger partial charge in [0.1, 0.15) is 12.3 Å². The zero-order valence-corrected chi connectivity index (χ0v) is 14.0. The van der Waals surface area contributed by atoms with Crippen molar-refractivity contribution in [3.05, 3.63) is 30.0 Å². The van der Waals surface area contributed by atoms with Gasteiger partial charge in [-0.1, -0.05) is 16.6 Å². The van der Waals surface area contributed by atoms with Crippen LogP contribution in [0.3, 0.4) is 0 Å². The van der Waals surface area contributed by atoms with Crippen molar-refractivity contribution in [2.45, 2.75) is 6.92 Å². The Morgan fingerprint density at radius 3 is 3.00 bits per heavy atom. The molecule has 0 spiro atoms. The maximum atomic E-state index is 12.3. The fourth-order valence-corrected chi connectivity index (χ4v) is 2.82. The summed E-state index contributed by atoms with van der Waals surface area (Å²) in [5, 5.41) is 6.39. The van der Waals surface area contributed by atoms with Crippen LogP contribution in [0.1, 0.15) is 17.4 Å². The van der Waals surface area contributed by atoms with Gasteiger partial charge in [-0.3, -0.25) is 14.5 Å². The van der Waals surface area contributed by atoms with Crippen LogP contribution in [0.2, 0.25) is 0 Å². The highest BCUT2D eigenvalue weighted by Gasteiger charge is 2.28. The molecule has 9 nitrogen and oxygen atoms in total. The highest BCUT2D eigenvalue weighted by Crippen LogP contribution is 2.31. The van der Waals surface area contributed by atoms with E-state index in [9.17, 15) is 14.4 Å². The molecule has 25 heavy (non-hydrogen) atoms. The molecule has 130 valence electrons. The van der Waals surface area contributed by atoms with Gasteiger partial charge in [0.05, 0.1) is 12.3 Å². The number of ether oxygens (including phenoxy) is 2. The molecular weight excluding hydrogens is 348 g/mol. The van der Waals surface area contributed by atoms with Crippen LogP contribution in [0.4, 0.5) is 10.7 Å². The molecule has 0 radical (unpaired) electrons. The molecule has 3 rings (SSSR count). The fourth-order valence-electron chi connectivity index (χ4n) is 2.24. The Hall–Kier alpha value is -3.01. The van der Waals surface area contributed by atoms with Gasteiger partial charge in [0, 0.05) is 11.5 Å². The van der Waals surface area contributed by atoms with Crippen LogP contribution >= 0.6 is 11.5 Å². The van der Waals surface area contributed by atoms with Crippen LogP contribution < -0.4 is 15.0 Å². The lowest BCUT2D eigenvalue weighted by molar-refractivity contribution is -0.123. The monoisotopic (exact) mass is 362 g/mol. The van der Waals surface area contributed by atoms with E-state index in [1.54, 1.807) is 31.2 Å². The summed E-state index contributed by atoms with van der Waals surface area (Å²) >= 11 is 0.858. The standard InChI is InChI=1S/C15H14N4O5S/c1-2-23-15(22)13-14(25-18-17-13)16-11(20)7-19-9-5-3-4-6-10(9)24-8-12(19)21/h3-6H,2,7-8H2,1H3,(H,16,20). The highest BCUT2D eigenvalue weighted by molar-refractivity contribution is 7.10. The second-order valence-corrected chi connectivity index (χ2v) is 5.71. The number of carbonyl (C=O) groups is 3. The molecule has 2 heterocycles. The van der Waals surface area contributed by atoms with Crippen molar-refractivity contribution in [1.29, 1.82) is 0 Å². The lowest BCUT2D eigenvalue weighted by Gasteiger charge is -2.28. The Morgan fingerprint density at radius 2 is 2.20 bits per heavy atom. The summed E-state index contributed by atoms with van der Waals surface area (Å²) < 4.78 is 13.8. The van der Waals surface area contributed by atoms with Gasteiger partial charge < -0.3 is 14.8 Å². The van der Waals surface area contributed by atoms with Crippen molar-refractivity contribution in [2.24, 2.45) is 0 Å². The van der Waals surface area contributed by atoms with Gasteiger partial charge in [-0.15, -0.1) is 5.10 Å². The number of nitrogens with one attached hydrogen (secondary N) is 1. The van der Waals surface area contributed by atoms with Crippen molar-refractivity contribution in [1.82, 2.24) is 9.59 Å². The molecule has 0 saturated carbocycles. The quantitative estimate of drug-likeness (QED) is 0.792.